The molecule has 0 heterocycles. The lowest BCUT2D eigenvalue weighted by Gasteiger charge is -2.32. The highest BCUT2D eigenvalue weighted by Gasteiger charge is 2.38. The van der Waals surface area contributed by atoms with Crippen molar-refractivity contribution < 1.29 is 41.4 Å². The molecular weight excluding hydrogens is 539 g/mol. The number of phenols is 1. The zero-order chi connectivity index (χ0) is 28.1. The van der Waals surface area contributed by atoms with Gasteiger partial charge in [0.15, 0.2) is 15.6 Å². The molecule has 14 heteroatoms. The Hall–Kier alpha value is -2.51. The highest BCUT2D eigenvalue weighted by molar-refractivity contribution is 7.92. The molecule has 2 aliphatic carbocycles. The summed E-state index contributed by atoms with van der Waals surface area (Å²) in [6.45, 7) is 1.95. The molecule has 0 aliphatic heterocycles. The van der Waals surface area contributed by atoms with E-state index in [1.165, 1.54) is 12.1 Å². The Morgan fingerprint density at radius 3 is 2.14 bits per heavy atom. The fourth-order valence-electron chi connectivity index (χ4n) is 4.31. The average Bonchev–Trinajstić information content (AvgIpc) is 3.19. The van der Waals surface area contributed by atoms with Crippen LogP contribution in [0.25, 0.3) is 0 Å². The van der Waals surface area contributed by atoms with Crippen LogP contribution in [-0.4, -0.2) is 73.1 Å². The minimum Gasteiger partial charge on any atom is -0.504 e. The van der Waals surface area contributed by atoms with Crippen LogP contribution in [0.15, 0.2) is 28.7 Å². The summed E-state index contributed by atoms with van der Waals surface area (Å²) >= 11 is 6.19. The largest absolute Gasteiger partial charge is 0.504 e. The van der Waals surface area contributed by atoms with E-state index in [9.17, 15) is 31.5 Å². The van der Waals surface area contributed by atoms with Crippen molar-refractivity contribution in [2.45, 2.75) is 73.9 Å². The fourth-order valence-corrected chi connectivity index (χ4v) is 6.73. The van der Waals surface area contributed by atoms with Gasteiger partial charge in [-0.3, -0.25) is 0 Å². The normalized spacial score (nSPS) is 22.1. The second-order valence-corrected chi connectivity index (χ2v) is 11.8. The standard InChI is InChI=1S/C21H30ClN3O4S.C2HF3O2/c1-13-5-4-6-17(13)23-21(27)24-18-12-11-16(22)20(19(18)26)30(28,29)15-9-7-14(8-10-15)25(2)3;3-2(4,5)1(6)7/h5,11-12,14-15,17,26H,4,6-10H2,1-3H3,(H2,23,24,27);(H,6,7). The van der Waals surface area contributed by atoms with Gasteiger partial charge in [0, 0.05) is 6.04 Å². The summed E-state index contributed by atoms with van der Waals surface area (Å²) in [4.78, 5) is 23.1. The average molecular weight is 570 g/mol. The van der Waals surface area contributed by atoms with Gasteiger partial charge in [0.05, 0.1) is 22.0 Å². The first kappa shape index (κ1) is 30.7. The van der Waals surface area contributed by atoms with Crippen LogP contribution in [0.2, 0.25) is 5.02 Å². The smallest absolute Gasteiger partial charge is 0.490 e. The van der Waals surface area contributed by atoms with E-state index in [1.807, 2.05) is 21.0 Å². The van der Waals surface area contributed by atoms with Crippen LogP contribution in [0, 0.1) is 0 Å². The summed E-state index contributed by atoms with van der Waals surface area (Å²) in [6.07, 6.45) is 1.26. The summed E-state index contributed by atoms with van der Waals surface area (Å²) in [5.41, 5.74) is 1.11. The minimum atomic E-state index is -5.08. The van der Waals surface area contributed by atoms with Gasteiger partial charge in [0.2, 0.25) is 0 Å². The van der Waals surface area contributed by atoms with Crippen molar-refractivity contribution in [3.8, 4) is 5.75 Å². The third kappa shape index (κ3) is 7.99. The summed E-state index contributed by atoms with van der Waals surface area (Å²) in [6, 6.07) is 2.61. The number of amides is 2. The number of alkyl halides is 3. The fraction of sp³-hybridized carbons (Fsp3) is 0.565. The van der Waals surface area contributed by atoms with Gasteiger partial charge < -0.3 is 25.7 Å². The number of halogens is 4. The minimum absolute atomic E-state index is 0.0251. The molecule has 1 saturated carbocycles. The maximum atomic E-state index is 13.3. The van der Waals surface area contributed by atoms with Crippen LogP contribution in [0.4, 0.5) is 23.7 Å². The number of sulfone groups is 1. The summed E-state index contributed by atoms with van der Waals surface area (Å²) in [5, 5.41) is 22.6. The van der Waals surface area contributed by atoms with Crippen molar-refractivity contribution in [2.24, 2.45) is 0 Å². The number of anilines is 1. The molecule has 1 atom stereocenters. The van der Waals surface area contributed by atoms with Gasteiger partial charge in [-0.2, -0.15) is 13.2 Å². The number of nitrogens with zero attached hydrogens (tertiary/aromatic N) is 1. The highest BCUT2D eigenvalue weighted by Crippen LogP contribution is 2.41. The molecule has 0 aromatic heterocycles. The topological polar surface area (TPSA) is 136 Å². The van der Waals surface area contributed by atoms with E-state index in [-0.39, 0.29) is 21.6 Å². The molecule has 2 aliphatic rings. The third-order valence-corrected chi connectivity index (χ3v) is 9.21. The number of urea groups is 1. The number of aliphatic carboxylic acids is 1. The van der Waals surface area contributed by atoms with Crippen molar-refractivity contribution in [1.29, 1.82) is 0 Å². The number of aromatic hydroxyl groups is 1. The molecule has 0 radical (unpaired) electrons. The lowest BCUT2D eigenvalue weighted by atomic mass is 9.94. The molecule has 3 rings (SSSR count). The Bertz CT molecular complexity index is 1130. The van der Waals surface area contributed by atoms with Crippen molar-refractivity contribution in [3.05, 3.63) is 28.8 Å². The molecule has 1 unspecified atom stereocenters. The molecule has 0 spiro atoms. The van der Waals surface area contributed by atoms with Crippen molar-refractivity contribution in [3.63, 3.8) is 0 Å². The summed E-state index contributed by atoms with van der Waals surface area (Å²) < 4.78 is 58.3. The SMILES string of the molecule is CC1=CCCC1NC(=O)Nc1ccc(Cl)c(S(=O)(=O)C2CCC(N(C)C)CC2)c1O.O=C(O)C(F)(F)F. The van der Waals surface area contributed by atoms with Gasteiger partial charge in [-0.15, -0.1) is 0 Å². The van der Waals surface area contributed by atoms with E-state index < -0.39 is 39.0 Å². The monoisotopic (exact) mass is 569 g/mol. The number of carbonyl (C=O) groups is 2. The molecule has 37 heavy (non-hydrogen) atoms. The first-order chi connectivity index (χ1) is 17.1. The lowest BCUT2D eigenvalue weighted by Crippen LogP contribution is -2.37. The molecule has 208 valence electrons. The number of hydrogen-bond donors (Lipinski definition) is 4. The van der Waals surface area contributed by atoms with Gasteiger partial charge in [-0.05, 0) is 71.7 Å². The predicted octanol–water partition coefficient (Wildman–Crippen LogP) is 4.56. The van der Waals surface area contributed by atoms with E-state index >= 15 is 0 Å². The lowest BCUT2D eigenvalue weighted by molar-refractivity contribution is -0.192. The number of rotatable bonds is 5. The Labute approximate surface area is 218 Å². The van der Waals surface area contributed by atoms with Crippen LogP contribution < -0.4 is 10.6 Å². The van der Waals surface area contributed by atoms with Crippen LogP contribution in [0.3, 0.4) is 0 Å². The second kappa shape index (κ2) is 12.4. The number of nitrogens with one attached hydrogen (secondary N) is 2. The quantitative estimate of drug-likeness (QED) is 0.301. The Morgan fingerprint density at radius 2 is 1.68 bits per heavy atom. The molecule has 2 amide bonds. The Morgan fingerprint density at radius 1 is 1.11 bits per heavy atom. The van der Waals surface area contributed by atoms with Crippen LogP contribution >= 0.6 is 11.6 Å². The van der Waals surface area contributed by atoms with Gasteiger partial charge in [0.25, 0.3) is 0 Å². The first-order valence-corrected chi connectivity index (χ1v) is 13.4. The zero-order valence-corrected chi connectivity index (χ0v) is 22.2. The molecule has 9 nitrogen and oxygen atoms in total. The van der Waals surface area contributed by atoms with Crippen molar-refractivity contribution >= 4 is 39.1 Å². The third-order valence-electron chi connectivity index (χ3n) is 6.45. The first-order valence-electron chi connectivity index (χ1n) is 11.5. The van der Waals surface area contributed by atoms with Gasteiger partial charge in [-0.25, -0.2) is 18.0 Å². The summed E-state index contributed by atoms with van der Waals surface area (Å²) in [5.74, 6) is -3.27. The maximum Gasteiger partial charge on any atom is 0.490 e. The molecule has 0 saturated heterocycles. The predicted molar refractivity (Wildman–Crippen MR) is 133 cm³/mol. The van der Waals surface area contributed by atoms with E-state index in [0.29, 0.717) is 18.9 Å². The Kier molecular flexibility index (Phi) is 10.3. The second-order valence-electron chi connectivity index (χ2n) is 9.19. The highest BCUT2D eigenvalue weighted by atomic mass is 35.5. The van der Waals surface area contributed by atoms with Crippen LogP contribution in [0.1, 0.15) is 45.4 Å². The number of carboxylic acid groups (broad SMARTS) is 1. The van der Waals surface area contributed by atoms with E-state index in [4.69, 9.17) is 21.5 Å². The Balaban J connectivity index is 0.000000604. The molecule has 4 N–H and O–H groups in total. The number of carboxylic acids is 1. The number of hydrogen-bond acceptors (Lipinski definition) is 6. The number of phenolic OH excluding ortho intramolecular Hbond substituents is 1. The van der Waals surface area contributed by atoms with Crippen molar-refractivity contribution in [1.82, 2.24) is 10.2 Å². The van der Waals surface area contributed by atoms with Gasteiger partial charge in [-0.1, -0.05) is 23.3 Å². The number of allylic oxidation sites excluding steroid dienone is 1. The van der Waals surface area contributed by atoms with Crippen molar-refractivity contribution in [2.75, 3.05) is 19.4 Å². The van der Waals surface area contributed by atoms with E-state index in [1.54, 1.807) is 0 Å². The van der Waals surface area contributed by atoms with E-state index in [2.05, 4.69) is 21.6 Å². The molecular formula is C23H31ClF3N3O6S. The maximum absolute atomic E-state index is 13.3. The van der Waals surface area contributed by atoms with Gasteiger partial charge >= 0.3 is 18.2 Å². The number of carbonyl (C=O) groups excluding carboxylic acids is 1. The molecule has 1 aromatic rings. The summed E-state index contributed by atoms with van der Waals surface area (Å²) in [7, 11) is 0.139. The molecule has 1 fully saturated rings. The van der Waals surface area contributed by atoms with Gasteiger partial charge in [0.1, 0.15) is 4.90 Å². The van der Waals surface area contributed by atoms with Crippen LogP contribution in [0.5, 0.6) is 5.75 Å². The molecule has 0 bridgehead atoms. The van der Waals surface area contributed by atoms with E-state index in [0.717, 1.165) is 31.3 Å². The zero-order valence-electron chi connectivity index (χ0n) is 20.6. The van der Waals surface area contributed by atoms with Crippen LogP contribution in [-0.2, 0) is 14.6 Å². The number of benzene rings is 1. The molecule has 1 aromatic carbocycles.